The van der Waals surface area contributed by atoms with Gasteiger partial charge in [0.15, 0.2) is 0 Å². The predicted octanol–water partition coefficient (Wildman–Crippen LogP) is 9.91. The van der Waals surface area contributed by atoms with Crippen molar-refractivity contribution < 1.29 is 4.74 Å². The fraction of sp³-hybridized carbons (Fsp3) is 0. The van der Waals surface area contributed by atoms with Crippen molar-refractivity contribution in [3.63, 3.8) is 0 Å². The van der Waals surface area contributed by atoms with Crippen molar-refractivity contribution in [1.29, 1.82) is 0 Å². The van der Waals surface area contributed by atoms with E-state index in [9.17, 15) is 0 Å². The number of hydrogen-bond donors (Lipinski definition) is 0. The van der Waals surface area contributed by atoms with Gasteiger partial charge in [-0.25, -0.2) is 0 Å². The molecule has 0 saturated heterocycles. The van der Waals surface area contributed by atoms with Crippen LogP contribution in [0.1, 0.15) is 0 Å². The van der Waals surface area contributed by atoms with Crippen LogP contribution in [0.2, 0.25) is 0 Å². The third-order valence-corrected chi connectivity index (χ3v) is 11.9. The lowest BCUT2D eigenvalue weighted by atomic mass is 9.34. The summed E-state index contributed by atoms with van der Waals surface area (Å²) >= 11 is 0. The molecule has 0 amide bonds. The zero-order valence-corrected chi connectivity index (χ0v) is 28.5. The smallest absolute Gasteiger partial charge is 0.256 e. The summed E-state index contributed by atoms with van der Waals surface area (Å²) in [5.41, 5.74) is 14.5. The van der Waals surface area contributed by atoms with Gasteiger partial charge in [-0.15, -0.1) is 0 Å². The highest BCUT2D eigenvalue weighted by Gasteiger charge is 2.40. The highest BCUT2D eigenvalue weighted by atomic mass is 16.5. The van der Waals surface area contributed by atoms with Gasteiger partial charge in [-0.3, -0.25) is 0 Å². The predicted molar refractivity (Wildman–Crippen MR) is 221 cm³/mol. The highest BCUT2D eigenvalue weighted by Crippen LogP contribution is 2.41. The summed E-state index contributed by atoms with van der Waals surface area (Å²) in [6, 6.07) is 62.2. The molecule has 0 atom stereocenters. The number of benzene rings is 8. The van der Waals surface area contributed by atoms with E-state index in [0.29, 0.717) is 0 Å². The molecule has 0 radical (unpaired) electrons. The number of ether oxygens (including phenoxy) is 1. The minimum atomic E-state index is 0.0234. The summed E-state index contributed by atoms with van der Waals surface area (Å²) < 4.78 is 14.1. The zero-order valence-electron chi connectivity index (χ0n) is 28.5. The van der Waals surface area contributed by atoms with Crippen LogP contribution in [0, 0.1) is 0 Å². The molecule has 3 aromatic heterocycles. The van der Waals surface area contributed by atoms with Gasteiger partial charge in [0.05, 0.1) is 27.6 Å². The number of rotatable bonds is 2. The van der Waals surface area contributed by atoms with E-state index in [-0.39, 0.29) is 6.71 Å². The maximum absolute atomic E-state index is 6.67. The van der Waals surface area contributed by atoms with Crippen LogP contribution in [0.3, 0.4) is 0 Å². The first kappa shape index (κ1) is 27.7. The van der Waals surface area contributed by atoms with E-state index >= 15 is 0 Å². The van der Waals surface area contributed by atoms with Crippen LogP contribution in [0.4, 0.5) is 0 Å². The number of fused-ring (bicyclic) bond motifs is 13. The molecule has 8 aromatic carbocycles. The molecule has 5 heteroatoms. The van der Waals surface area contributed by atoms with Crippen molar-refractivity contribution in [2.24, 2.45) is 0 Å². The molecule has 0 fully saturated rings. The topological polar surface area (TPSA) is 24.0 Å². The first-order valence-corrected chi connectivity index (χ1v) is 18.3. The minimum absolute atomic E-state index is 0.0234. The van der Waals surface area contributed by atoms with E-state index < -0.39 is 0 Å². The molecule has 2 aliphatic heterocycles. The molecule has 0 bridgehead atoms. The van der Waals surface area contributed by atoms with E-state index in [2.05, 4.69) is 184 Å². The van der Waals surface area contributed by atoms with Crippen LogP contribution in [-0.2, 0) is 0 Å². The normalized spacial score (nSPS) is 13.0. The first-order chi connectivity index (χ1) is 26.3. The largest absolute Gasteiger partial charge is 0.458 e. The standard InChI is InChI=1S/C48H28BN3O/c1-6-17-39-31(12-1)32-13-2-7-18-40(32)50(39)29-24-25-43-35(26-29)36-27-30(51-41-19-8-3-14-33(41)34-15-4-9-20-42(34)51)28-38-48(36)52(43)44-21-11-23-46-47(44)49(38)37-16-5-10-22-45(37)53-46/h1-28H. The Morgan fingerprint density at radius 2 is 0.887 bits per heavy atom. The van der Waals surface area contributed by atoms with Crippen LogP contribution in [0.5, 0.6) is 11.5 Å². The monoisotopic (exact) mass is 673 g/mol. The number of hydrogen-bond acceptors (Lipinski definition) is 1. The van der Waals surface area contributed by atoms with Crippen molar-refractivity contribution in [2.45, 2.75) is 0 Å². The Morgan fingerprint density at radius 3 is 1.55 bits per heavy atom. The number of nitrogens with zero attached hydrogens (tertiary/aromatic N) is 3. The molecule has 4 nitrogen and oxygen atoms in total. The molecule has 13 rings (SSSR count). The van der Waals surface area contributed by atoms with Gasteiger partial charge < -0.3 is 18.4 Å². The third-order valence-electron chi connectivity index (χ3n) is 11.9. The van der Waals surface area contributed by atoms with Crippen LogP contribution >= 0.6 is 0 Å². The summed E-state index contributed by atoms with van der Waals surface area (Å²) in [7, 11) is 0. The van der Waals surface area contributed by atoms with E-state index in [4.69, 9.17) is 4.74 Å². The van der Waals surface area contributed by atoms with Gasteiger partial charge in [-0.1, -0.05) is 97.1 Å². The van der Waals surface area contributed by atoms with Crippen molar-refractivity contribution in [3.8, 4) is 28.6 Å². The fourth-order valence-corrected chi connectivity index (χ4v) is 9.81. The summed E-state index contributed by atoms with van der Waals surface area (Å²) in [4.78, 5) is 0. The van der Waals surface area contributed by atoms with Crippen molar-refractivity contribution in [1.82, 2.24) is 13.7 Å². The SMILES string of the molecule is c1ccc2c(c1)Oc1cccc3c1B2c1cc(-n2c4ccccc4c4ccccc42)cc2c4cc(-n5c6ccccc6c6ccccc65)ccc4n-3c12. The van der Waals surface area contributed by atoms with Gasteiger partial charge in [0.25, 0.3) is 6.71 Å². The Bertz CT molecular complexity index is 3290. The Kier molecular flexibility index (Phi) is 5.16. The molecule has 0 saturated carbocycles. The lowest BCUT2D eigenvalue weighted by molar-refractivity contribution is 0.487. The second-order valence-corrected chi connectivity index (χ2v) is 14.5. The van der Waals surface area contributed by atoms with Crippen LogP contribution in [-0.4, -0.2) is 20.4 Å². The molecule has 0 spiro atoms. The molecule has 53 heavy (non-hydrogen) atoms. The molecule has 5 heterocycles. The number of para-hydroxylation sites is 5. The molecule has 11 aromatic rings. The van der Waals surface area contributed by atoms with E-state index in [1.54, 1.807) is 0 Å². The van der Waals surface area contributed by atoms with E-state index in [1.165, 1.54) is 87.5 Å². The highest BCUT2D eigenvalue weighted by molar-refractivity contribution is 6.99. The molecule has 0 aliphatic carbocycles. The number of aromatic nitrogens is 3. The third kappa shape index (κ3) is 3.47. The quantitative estimate of drug-likeness (QED) is 0.168. The molecule has 2 aliphatic rings. The van der Waals surface area contributed by atoms with Gasteiger partial charge in [0, 0.05) is 54.9 Å². The van der Waals surface area contributed by atoms with Crippen molar-refractivity contribution in [2.75, 3.05) is 0 Å². The van der Waals surface area contributed by atoms with Crippen molar-refractivity contribution >= 4 is 88.5 Å². The molecule has 0 unspecified atom stereocenters. The second kappa shape index (κ2) is 9.87. The molecular weight excluding hydrogens is 645 g/mol. The van der Waals surface area contributed by atoms with Gasteiger partial charge in [-0.2, -0.15) is 0 Å². The van der Waals surface area contributed by atoms with Gasteiger partial charge >= 0.3 is 0 Å². The minimum Gasteiger partial charge on any atom is -0.458 e. The maximum Gasteiger partial charge on any atom is 0.256 e. The molecular formula is C48H28BN3O. The Labute approximate surface area is 304 Å². The lowest BCUT2D eigenvalue weighted by Crippen LogP contribution is -2.58. The average Bonchev–Trinajstić information content (AvgIpc) is 3.85. The van der Waals surface area contributed by atoms with Gasteiger partial charge in [0.1, 0.15) is 11.5 Å². The van der Waals surface area contributed by atoms with Crippen LogP contribution in [0.15, 0.2) is 170 Å². The summed E-state index contributed by atoms with van der Waals surface area (Å²) in [5.74, 6) is 1.85. The summed E-state index contributed by atoms with van der Waals surface area (Å²) in [6.07, 6.45) is 0. The van der Waals surface area contributed by atoms with E-state index in [0.717, 1.165) is 22.9 Å². The molecule has 0 N–H and O–H groups in total. The lowest BCUT2D eigenvalue weighted by Gasteiger charge is -2.33. The van der Waals surface area contributed by atoms with Crippen molar-refractivity contribution in [3.05, 3.63) is 170 Å². The summed E-state index contributed by atoms with van der Waals surface area (Å²) in [6.45, 7) is 0.0234. The summed E-state index contributed by atoms with van der Waals surface area (Å²) in [5, 5.41) is 7.53. The Hall–Kier alpha value is -6.98. The fourth-order valence-electron chi connectivity index (χ4n) is 9.81. The first-order valence-electron chi connectivity index (χ1n) is 18.3. The Morgan fingerprint density at radius 1 is 0.358 bits per heavy atom. The van der Waals surface area contributed by atoms with E-state index in [1.807, 2.05) is 0 Å². The Balaban J connectivity index is 1.20. The van der Waals surface area contributed by atoms with Gasteiger partial charge in [0.2, 0.25) is 0 Å². The van der Waals surface area contributed by atoms with Gasteiger partial charge in [-0.05, 0) is 89.2 Å². The zero-order chi connectivity index (χ0) is 34.4. The molecule has 244 valence electrons. The average molecular weight is 674 g/mol. The maximum atomic E-state index is 6.67. The second-order valence-electron chi connectivity index (χ2n) is 14.5. The van der Waals surface area contributed by atoms with Crippen LogP contribution < -0.4 is 21.1 Å². The van der Waals surface area contributed by atoms with Crippen LogP contribution in [0.25, 0.3) is 82.5 Å².